The third kappa shape index (κ3) is 2.00. The molecule has 6 nitrogen and oxygen atoms in total. The lowest BCUT2D eigenvalue weighted by Crippen LogP contribution is -2.02. The molecule has 92 valence electrons. The van der Waals surface area contributed by atoms with E-state index < -0.39 is 0 Å². The molecular formula is C11H11N5OS. The number of nitrogens with zero attached hydrogens (tertiary/aromatic N) is 4. The average molecular weight is 261 g/mol. The highest BCUT2D eigenvalue weighted by Crippen LogP contribution is 2.17. The van der Waals surface area contributed by atoms with Crippen LogP contribution in [0.5, 0.6) is 5.75 Å². The van der Waals surface area contributed by atoms with E-state index in [0.717, 1.165) is 5.75 Å². The molecule has 2 heterocycles. The molecule has 0 fully saturated rings. The fourth-order valence-electron chi connectivity index (χ4n) is 1.54. The second-order valence-corrected chi connectivity index (χ2v) is 4.84. The van der Waals surface area contributed by atoms with Crippen molar-refractivity contribution in [2.45, 2.75) is 13.5 Å². The van der Waals surface area contributed by atoms with E-state index in [2.05, 4.69) is 15.3 Å². The van der Waals surface area contributed by atoms with Crippen molar-refractivity contribution in [2.75, 3.05) is 5.73 Å². The first kappa shape index (κ1) is 11.0. The molecule has 0 saturated heterocycles. The largest absolute Gasteiger partial charge is 0.486 e. The van der Waals surface area contributed by atoms with Crippen LogP contribution in [-0.2, 0) is 6.61 Å². The molecule has 1 aromatic carbocycles. The summed E-state index contributed by atoms with van der Waals surface area (Å²) in [4.78, 5) is 0.676. The normalized spacial score (nSPS) is 10.9. The Balaban J connectivity index is 1.78. The smallest absolute Gasteiger partial charge is 0.236 e. The summed E-state index contributed by atoms with van der Waals surface area (Å²) >= 11 is 1.30. The summed E-state index contributed by atoms with van der Waals surface area (Å²) in [5.74, 6) is 1.43. The number of fused-ring (bicyclic) bond motifs is 1. The first-order chi connectivity index (χ1) is 8.72. The van der Waals surface area contributed by atoms with Crippen LogP contribution in [0.3, 0.4) is 0 Å². The van der Waals surface area contributed by atoms with E-state index in [0.29, 0.717) is 22.5 Å². The van der Waals surface area contributed by atoms with Gasteiger partial charge in [0.25, 0.3) is 0 Å². The fourth-order valence-corrected chi connectivity index (χ4v) is 2.17. The minimum absolute atomic E-state index is 0.313. The Morgan fingerprint density at radius 2 is 2.06 bits per heavy atom. The average Bonchev–Trinajstić information content (AvgIpc) is 2.88. The van der Waals surface area contributed by atoms with E-state index in [1.54, 1.807) is 4.52 Å². The predicted octanol–water partition coefficient (Wildman–Crippen LogP) is 1.66. The van der Waals surface area contributed by atoms with Gasteiger partial charge in [0.05, 0.1) is 0 Å². The monoisotopic (exact) mass is 261 g/mol. The molecule has 3 rings (SSSR count). The van der Waals surface area contributed by atoms with Gasteiger partial charge in [-0.1, -0.05) is 29.0 Å². The van der Waals surface area contributed by atoms with Crippen molar-refractivity contribution in [1.82, 2.24) is 19.8 Å². The Morgan fingerprint density at radius 1 is 1.28 bits per heavy atom. The van der Waals surface area contributed by atoms with Crippen LogP contribution in [0.2, 0.25) is 0 Å². The minimum atomic E-state index is 0.313. The van der Waals surface area contributed by atoms with E-state index in [4.69, 9.17) is 10.5 Å². The number of nitrogens with two attached hydrogens (primary N) is 1. The highest BCUT2D eigenvalue weighted by atomic mass is 32.1. The molecule has 2 N–H and O–H groups in total. The van der Waals surface area contributed by atoms with E-state index in [9.17, 15) is 0 Å². The maximum Gasteiger partial charge on any atom is 0.236 e. The molecular weight excluding hydrogens is 250 g/mol. The van der Waals surface area contributed by atoms with Gasteiger partial charge in [0.1, 0.15) is 12.4 Å². The summed E-state index contributed by atoms with van der Waals surface area (Å²) in [5, 5.41) is 12.6. The van der Waals surface area contributed by atoms with Gasteiger partial charge in [-0.2, -0.15) is 4.52 Å². The van der Waals surface area contributed by atoms with Crippen LogP contribution >= 0.6 is 11.3 Å². The molecule has 0 aliphatic carbocycles. The number of aromatic nitrogens is 4. The second-order valence-electron chi connectivity index (χ2n) is 3.85. The predicted molar refractivity (Wildman–Crippen MR) is 68.6 cm³/mol. The highest BCUT2D eigenvalue weighted by molar-refractivity contribution is 7.20. The van der Waals surface area contributed by atoms with Crippen molar-refractivity contribution in [3.05, 3.63) is 35.7 Å². The number of anilines is 1. The first-order valence-electron chi connectivity index (χ1n) is 5.38. The molecule has 0 radical (unpaired) electrons. The summed E-state index contributed by atoms with van der Waals surface area (Å²) in [5.41, 5.74) is 6.80. The van der Waals surface area contributed by atoms with Gasteiger partial charge in [0.15, 0.2) is 5.82 Å². The zero-order valence-corrected chi connectivity index (χ0v) is 10.5. The lowest BCUT2D eigenvalue weighted by Gasteiger charge is -2.03. The number of ether oxygens (including phenoxy) is 1. The van der Waals surface area contributed by atoms with Gasteiger partial charge >= 0.3 is 0 Å². The van der Waals surface area contributed by atoms with Crippen molar-refractivity contribution in [1.29, 1.82) is 0 Å². The molecule has 0 spiro atoms. The van der Waals surface area contributed by atoms with Crippen LogP contribution in [-0.4, -0.2) is 19.8 Å². The molecule has 0 aliphatic heterocycles. The number of hydrogen-bond acceptors (Lipinski definition) is 6. The van der Waals surface area contributed by atoms with Gasteiger partial charge in [0, 0.05) is 0 Å². The van der Waals surface area contributed by atoms with Gasteiger partial charge in [-0.15, -0.1) is 15.3 Å². The van der Waals surface area contributed by atoms with Crippen molar-refractivity contribution in [3.8, 4) is 5.75 Å². The number of benzene rings is 1. The third-order valence-electron chi connectivity index (χ3n) is 2.46. The van der Waals surface area contributed by atoms with Gasteiger partial charge < -0.3 is 10.5 Å². The van der Waals surface area contributed by atoms with E-state index >= 15 is 0 Å². The third-order valence-corrected chi connectivity index (χ3v) is 3.19. The van der Waals surface area contributed by atoms with Crippen molar-refractivity contribution in [2.24, 2.45) is 0 Å². The molecule has 7 heteroatoms. The number of rotatable bonds is 3. The number of hydrogen-bond donors (Lipinski definition) is 1. The topological polar surface area (TPSA) is 78.3 Å². The molecule has 0 unspecified atom stereocenters. The number of nitrogen functional groups attached to an aromatic ring is 1. The quantitative estimate of drug-likeness (QED) is 0.775. The molecule has 0 saturated carbocycles. The lowest BCUT2D eigenvalue weighted by atomic mass is 10.2. The Kier molecular flexibility index (Phi) is 2.60. The SMILES string of the molecule is Cc1ccc(OCc2nnc3sc(N)nn23)cc1. The molecule has 0 amide bonds. The lowest BCUT2D eigenvalue weighted by molar-refractivity contribution is 0.293. The summed E-state index contributed by atoms with van der Waals surface area (Å²) in [6.07, 6.45) is 0. The summed E-state index contributed by atoms with van der Waals surface area (Å²) < 4.78 is 7.23. The van der Waals surface area contributed by atoms with Crippen molar-refractivity contribution >= 4 is 21.4 Å². The number of aryl methyl sites for hydroxylation is 1. The van der Waals surface area contributed by atoms with Crippen molar-refractivity contribution in [3.63, 3.8) is 0 Å². The fraction of sp³-hybridized carbons (Fsp3) is 0.182. The Bertz CT molecular complexity index is 672. The standard InChI is InChI=1S/C11H11N5OS/c1-7-2-4-8(5-3-7)17-6-9-13-14-11-16(9)15-10(12)18-11/h2-5H,6H2,1H3,(H2,12,15). The zero-order valence-electron chi connectivity index (χ0n) is 9.70. The first-order valence-corrected chi connectivity index (χ1v) is 6.20. The zero-order chi connectivity index (χ0) is 12.5. The highest BCUT2D eigenvalue weighted by Gasteiger charge is 2.10. The van der Waals surface area contributed by atoms with Crippen LogP contribution in [0.25, 0.3) is 4.96 Å². The molecule has 2 aromatic heterocycles. The summed E-state index contributed by atoms with van der Waals surface area (Å²) in [6.45, 7) is 2.34. The Labute approximate surface area is 107 Å². The van der Waals surface area contributed by atoms with Crippen molar-refractivity contribution < 1.29 is 4.74 Å². The molecule has 0 atom stereocenters. The van der Waals surface area contributed by atoms with Crippen LogP contribution in [0.1, 0.15) is 11.4 Å². The second kappa shape index (κ2) is 4.26. The van der Waals surface area contributed by atoms with Gasteiger partial charge in [-0.25, -0.2) is 0 Å². The van der Waals surface area contributed by atoms with Crippen LogP contribution in [0.15, 0.2) is 24.3 Å². The van der Waals surface area contributed by atoms with Crippen LogP contribution in [0.4, 0.5) is 5.13 Å². The summed E-state index contributed by atoms with van der Waals surface area (Å²) in [7, 11) is 0. The van der Waals surface area contributed by atoms with Crippen LogP contribution in [0, 0.1) is 6.92 Å². The van der Waals surface area contributed by atoms with Crippen LogP contribution < -0.4 is 10.5 Å². The van der Waals surface area contributed by atoms with Gasteiger partial charge in [-0.05, 0) is 19.1 Å². The molecule has 0 aliphatic rings. The maximum absolute atomic E-state index is 5.62. The van der Waals surface area contributed by atoms with E-state index in [-0.39, 0.29) is 0 Å². The maximum atomic E-state index is 5.62. The van der Waals surface area contributed by atoms with Gasteiger partial charge in [0.2, 0.25) is 10.1 Å². The molecule has 3 aromatic rings. The minimum Gasteiger partial charge on any atom is -0.486 e. The van der Waals surface area contributed by atoms with Gasteiger partial charge in [-0.3, -0.25) is 0 Å². The molecule has 18 heavy (non-hydrogen) atoms. The Hall–Kier alpha value is -2.15. The molecule has 0 bridgehead atoms. The van der Waals surface area contributed by atoms with E-state index in [1.807, 2.05) is 31.2 Å². The Morgan fingerprint density at radius 3 is 2.83 bits per heavy atom. The summed E-state index contributed by atoms with van der Waals surface area (Å²) in [6, 6.07) is 7.83. The van der Waals surface area contributed by atoms with E-state index in [1.165, 1.54) is 16.9 Å².